The number of nitrogens with zero attached hydrogens (tertiary/aromatic N) is 1. The highest BCUT2D eigenvalue weighted by Crippen LogP contribution is 2.28. The van der Waals surface area contributed by atoms with E-state index < -0.39 is 10.0 Å². The molecular weight excluding hydrogens is 344 g/mol. The van der Waals surface area contributed by atoms with Crippen molar-refractivity contribution in [3.05, 3.63) is 46.3 Å². The van der Waals surface area contributed by atoms with Crippen molar-refractivity contribution in [2.45, 2.75) is 18.4 Å². The lowest BCUT2D eigenvalue weighted by atomic mass is 10.2. The van der Waals surface area contributed by atoms with Gasteiger partial charge in [0.05, 0.1) is 17.7 Å². The van der Waals surface area contributed by atoms with Crippen molar-refractivity contribution in [3.63, 3.8) is 0 Å². The van der Waals surface area contributed by atoms with Crippen molar-refractivity contribution in [3.8, 4) is 0 Å². The molecule has 5 nitrogen and oxygen atoms in total. The minimum Gasteiger partial charge on any atom is -0.468 e. The van der Waals surface area contributed by atoms with Crippen LogP contribution in [0.3, 0.4) is 0 Å². The number of hydrogen-bond donors (Lipinski definition) is 1. The van der Waals surface area contributed by atoms with Gasteiger partial charge in [-0.3, -0.25) is 0 Å². The number of anilines is 1. The molecule has 1 aromatic carbocycles. The van der Waals surface area contributed by atoms with Crippen LogP contribution in [0.2, 0.25) is 0 Å². The lowest BCUT2D eigenvalue weighted by molar-refractivity contribution is 0.406. The standard InChI is InChI=1S/C13H15BrN2O3S/c1-9-6-11(14)12(15)7-13(9)20(17,18)16(2)8-10-4-3-5-19-10/h3-7H,8,15H2,1-2H3. The molecule has 0 unspecified atom stereocenters. The van der Waals surface area contributed by atoms with Crippen LogP contribution in [0.1, 0.15) is 11.3 Å². The molecule has 20 heavy (non-hydrogen) atoms. The largest absolute Gasteiger partial charge is 0.468 e. The van der Waals surface area contributed by atoms with E-state index in [0.717, 1.165) is 0 Å². The van der Waals surface area contributed by atoms with E-state index in [1.807, 2.05) is 0 Å². The monoisotopic (exact) mass is 358 g/mol. The fourth-order valence-electron chi connectivity index (χ4n) is 1.82. The first-order chi connectivity index (χ1) is 9.32. The van der Waals surface area contributed by atoms with E-state index in [1.54, 1.807) is 25.1 Å². The molecule has 2 rings (SSSR count). The number of furan rings is 1. The lowest BCUT2D eigenvalue weighted by Crippen LogP contribution is -2.27. The summed E-state index contributed by atoms with van der Waals surface area (Å²) in [5, 5.41) is 0. The van der Waals surface area contributed by atoms with Gasteiger partial charge in [0.25, 0.3) is 0 Å². The van der Waals surface area contributed by atoms with Crippen LogP contribution in [0.5, 0.6) is 0 Å². The zero-order chi connectivity index (χ0) is 14.9. The smallest absolute Gasteiger partial charge is 0.243 e. The molecular formula is C13H15BrN2O3S. The average molecular weight is 359 g/mol. The van der Waals surface area contributed by atoms with Crippen molar-refractivity contribution in [2.24, 2.45) is 0 Å². The predicted molar refractivity (Wildman–Crippen MR) is 80.7 cm³/mol. The van der Waals surface area contributed by atoms with Gasteiger partial charge in [-0.15, -0.1) is 0 Å². The van der Waals surface area contributed by atoms with Crippen LogP contribution in [-0.4, -0.2) is 19.8 Å². The van der Waals surface area contributed by atoms with E-state index in [0.29, 0.717) is 21.5 Å². The third-order valence-corrected chi connectivity index (χ3v) is 5.57. The summed E-state index contributed by atoms with van der Waals surface area (Å²) in [7, 11) is -2.10. The maximum absolute atomic E-state index is 12.6. The first-order valence-corrected chi connectivity index (χ1v) is 8.10. The molecule has 2 N–H and O–H groups in total. The van der Waals surface area contributed by atoms with Crippen LogP contribution in [0, 0.1) is 6.92 Å². The second kappa shape index (κ2) is 5.59. The minimum absolute atomic E-state index is 0.171. The second-order valence-corrected chi connectivity index (χ2v) is 7.35. The Labute approximate surface area is 126 Å². The van der Waals surface area contributed by atoms with Gasteiger partial charge in [0.1, 0.15) is 5.76 Å². The third kappa shape index (κ3) is 2.89. The Bertz CT molecular complexity index is 711. The van der Waals surface area contributed by atoms with Crippen LogP contribution in [0.4, 0.5) is 5.69 Å². The molecule has 0 atom stereocenters. The van der Waals surface area contributed by atoms with Crippen molar-refractivity contribution in [2.75, 3.05) is 12.8 Å². The minimum atomic E-state index is -3.61. The van der Waals surface area contributed by atoms with Gasteiger partial charge in [-0.05, 0) is 52.7 Å². The Morgan fingerprint density at radius 2 is 2.10 bits per heavy atom. The zero-order valence-electron chi connectivity index (χ0n) is 11.1. The lowest BCUT2D eigenvalue weighted by Gasteiger charge is -2.18. The van der Waals surface area contributed by atoms with E-state index in [9.17, 15) is 8.42 Å². The van der Waals surface area contributed by atoms with Crippen LogP contribution in [-0.2, 0) is 16.6 Å². The highest BCUT2D eigenvalue weighted by Gasteiger charge is 2.24. The van der Waals surface area contributed by atoms with Gasteiger partial charge < -0.3 is 10.2 Å². The van der Waals surface area contributed by atoms with Crippen LogP contribution in [0.25, 0.3) is 0 Å². The first-order valence-electron chi connectivity index (χ1n) is 5.86. The van der Waals surface area contributed by atoms with E-state index in [-0.39, 0.29) is 11.4 Å². The van der Waals surface area contributed by atoms with Crippen molar-refractivity contribution in [1.29, 1.82) is 0 Å². The molecule has 0 spiro atoms. The molecule has 0 fully saturated rings. The molecule has 0 saturated heterocycles. The fraction of sp³-hybridized carbons (Fsp3) is 0.231. The third-order valence-electron chi connectivity index (χ3n) is 2.94. The number of nitrogens with two attached hydrogens (primary N) is 1. The van der Waals surface area contributed by atoms with E-state index in [4.69, 9.17) is 10.2 Å². The van der Waals surface area contributed by atoms with Crippen LogP contribution < -0.4 is 5.73 Å². The number of benzene rings is 1. The molecule has 1 aromatic heterocycles. The Hall–Kier alpha value is -1.31. The van der Waals surface area contributed by atoms with E-state index >= 15 is 0 Å². The summed E-state index contributed by atoms with van der Waals surface area (Å²) >= 11 is 3.28. The average Bonchev–Trinajstić information content (AvgIpc) is 2.86. The van der Waals surface area contributed by atoms with Gasteiger partial charge in [0.2, 0.25) is 10.0 Å². The molecule has 7 heteroatoms. The maximum Gasteiger partial charge on any atom is 0.243 e. The summed E-state index contributed by atoms with van der Waals surface area (Å²) in [6, 6.07) is 6.61. The summed E-state index contributed by atoms with van der Waals surface area (Å²) in [6.07, 6.45) is 1.51. The van der Waals surface area contributed by atoms with Gasteiger partial charge in [-0.2, -0.15) is 4.31 Å². The molecule has 0 amide bonds. The van der Waals surface area contributed by atoms with Gasteiger partial charge >= 0.3 is 0 Å². The van der Waals surface area contributed by atoms with E-state index in [2.05, 4.69) is 15.9 Å². The summed E-state index contributed by atoms with van der Waals surface area (Å²) in [6.45, 7) is 1.91. The molecule has 0 bridgehead atoms. The Morgan fingerprint density at radius 3 is 2.70 bits per heavy atom. The molecule has 0 aliphatic carbocycles. The summed E-state index contributed by atoms with van der Waals surface area (Å²) in [5.41, 5.74) is 6.80. The quantitative estimate of drug-likeness (QED) is 0.852. The van der Waals surface area contributed by atoms with Gasteiger partial charge in [0, 0.05) is 17.2 Å². The van der Waals surface area contributed by atoms with E-state index in [1.165, 1.54) is 23.7 Å². The van der Waals surface area contributed by atoms with Crippen LogP contribution >= 0.6 is 15.9 Å². The van der Waals surface area contributed by atoms with Crippen molar-refractivity contribution >= 4 is 31.6 Å². The number of aryl methyl sites for hydroxylation is 1. The Kier molecular flexibility index (Phi) is 4.22. The van der Waals surface area contributed by atoms with Crippen molar-refractivity contribution < 1.29 is 12.8 Å². The second-order valence-electron chi connectivity index (χ2n) is 4.48. The highest BCUT2D eigenvalue weighted by molar-refractivity contribution is 9.10. The Morgan fingerprint density at radius 1 is 1.40 bits per heavy atom. The molecule has 0 aliphatic rings. The summed E-state index contributed by atoms with van der Waals surface area (Å²) in [5.74, 6) is 0.582. The van der Waals surface area contributed by atoms with Gasteiger partial charge in [-0.25, -0.2) is 8.42 Å². The molecule has 2 aromatic rings. The number of nitrogen functional groups attached to an aromatic ring is 1. The highest BCUT2D eigenvalue weighted by atomic mass is 79.9. The SMILES string of the molecule is Cc1cc(Br)c(N)cc1S(=O)(=O)N(C)Cc1ccco1. The maximum atomic E-state index is 12.6. The normalized spacial score (nSPS) is 12.0. The molecule has 0 radical (unpaired) electrons. The zero-order valence-corrected chi connectivity index (χ0v) is 13.5. The first kappa shape index (κ1) is 15.1. The Balaban J connectivity index is 2.37. The van der Waals surface area contributed by atoms with Gasteiger partial charge in [-0.1, -0.05) is 0 Å². The number of hydrogen-bond acceptors (Lipinski definition) is 4. The topological polar surface area (TPSA) is 76.5 Å². The number of sulfonamides is 1. The fourth-order valence-corrected chi connectivity index (χ4v) is 3.65. The number of halogens is 1. The number of rotatable bonds is 4. The molecule has 0 aliphatic heterocycles. The summed E-state index contributed by atoms with van der Waals surface area (Å²) in [4.78, 5) is 0.201. The van der Waals surface area contributed by atoms with Crippen molar-refractivity contribution in [1.82, 2.24) is 4.31 Å². The van der Waals surface area contributed by atoms with Crippen LogP contribution in [0.15, 0.2) is 44.3 Å². The van der Waals surface area contributed by atoms with Gasteiger partial charge in [0.15, 0.2) is 0 Å². The molecule has 108 valence electrons. The predicted octanol–water partition coefficient (Wildman–Crippen LogP) is 2.75. The molecule has 0 saturated carbocycles. The summed E-state index contributed by atoms with van der Waals surface area (Å²) < 4.78 is 32.2. The molecule has 1 heterocycles.